The Morgan fingerprint density at radius 2 is 1.88 bits per heavy atom. The number of benzene rings is 1. The monoisotopic (exact) mass is 394 g/mol. The maximum atomic E-state index is 12.7. The van der Waals surface area contributed by atoms with Crippen LogP contribution in [0.25, 0.3) is 0 Å². The molecule has 1 saturated heterocycles. The van der Waals surface area contributed by atoms with E-state index in [9.17, 15) is 8.42 Å². The first-order valence-electron chi connectivity index (χ1n) is 8.53. The van der Waals surface area contributed by atoms with Crippen LogP contribution in [0.4, 0.5) is 5.82 Å². The van der Waals surface area contributed by atoms with E-state index in [1.807, 2.05) is 38.2 Å². The van der Waals surface area contributed by atoms with Gasteiger partial charge in [0.1, 0.15) is 10.7 Å². The number of aromatic nitrogens is 1. The lowest BCUT2D eigenvalue weighted by Gasteiger charge is -2.31. The molecule has 0 saturated carbocycles. The molecule has 1 aliphatic rings. The lowest BCUT2D eigenvalue weighted by Crippen LogP contribution is -2.47. The molecular weight excluding hydrogens is 372 g/mol. The van der Waals surface area contributed by atoms with Crippen molar-refractivity contribution in [2.45, 2.75) is 17.9 Å². The summed E-state index contributed by atoms with van der Waals surface area (Å²) in [5.74, 6) is 0.620. The van der Waals surface area contributed by atoms with E-state index in [1.54, 1.807) is 12.1 Å². The molecule has 0 radical (unpaired) electrons. The Labute approximate surface area is 159 Å². The van der Waals surface area contributed by atoms with Gasteiger partial charge in [-0.05, 0) is 43.8 Å². The Kier molecular flexibility index (Phi) is 5.82. The molecule has 0 spiro atoms. The summed E-state index contributed by atoms with van der Waals surface area (Å²) in [7, 11) is -1.50. The van der Waals surface area contributed by atoms with Crippen molar-refractivity contribution in [1.29, 1.82) is 0 Å². The minimum atomic E-state index is -3.49. The van der Waals surface area contributed by atoms with Crippen molar-refractivity contribution in [3.8, 4) is 0 Å². The van der Waals surface area contributed by atoms with Crippen LogP contribution in [0, 0.1) is 0 Å². The minimum Gasteiger partial charge on any atom is -0.364 e. The maximum Gasteiger partial charge on any atom is 0.244 e. The van der Waals surface area contributed by atoms with E-state index in [0.29, 0.717) is 23.9 Å². The summed E-state index contributed by atoms with van der Waals surface area (Å²) in [5, 5.41) is 3.94. The Morgan fingerprint density at radius 3 is 2.50 bits per heavy atom. The smallest absolute Gasteiger partial charge is 0.244 e. The van der Waals surface area contributed by atoms with Gasteiger partial charge in [0.25, 0.3) is 0 Å². The van der Waals surface area contributed by atoms with E-state index >= 15 is 0 Å². The van der Waals surface area contributed by atoms with Crippen LogP contribution in [0.3, 0.4) is 0 Å². The molecule has 3 rings (SSSR count). The average molecular weight is 395 g/mol. The fourth-order valence-electron chi connectivity index (χ4n) is 2.88. The highest BCUT2D eigenvalue weighted by Crippen LogP contribution is 2.22. The van der Waals surface area contributed by atoms with Crippen LogP contribution in [0.15, 0.2) is 47.5 Å². The van der Waals surface area contributed by atoms with Crippen LogP contribution in [-0.2, 0) is 10.0 Å². The van der Waals surface area contributed by atoms with Gasteiger partial charge in [-0.2, -0.15) is 4.31 Å². The standard InChI is InChI=1S/C18H23ClN4O2S/c1-14(15-4-3-5-16(19)12-15)21-18-7-6-17(13-20-18)26(24,25)23-10-8-22(2)9-11-23/h3-7,12-14H,8-11H2,1-2H3,(H,20,21). The predicted octanol–water partition coefficient (Wildman–Crippen LogP) is 2.84. The second kappa shape index (κ2) is 7.92. The van der Waals surface area contributed by atoms with Gasteiger partial charge >= 0.3 is 0 Å². The molecule has 0 amide bonds. The molecule has 2 aromatic rings. The molecule has 6 nitrogen and oxygen atoms in total. The Hall–Kier alpha value is -1.67. The van der Waals surface area contributed by atoms with Crippen LogP contribution in [0.1, 0.15) is 18.5 Å². The zero-order chi connectivity index (χ0) is 18.7. The molecule has 2 heterocycles. The average Bonchev–Trinajstić information content (AvgIpc) is 2.62. The molecule has 1 N–H and O–H groups in total. The highest BCUT2D eigenvalue weighted by atomic mass is 35.5. The van der Waals surface area contributed by atoms with E-state index in [2.05, 4.69) is 15.2 Å². The van der Waals surface area contributed by atoms with Gasteiger partial charge in [0, 0.05) is 43.4 Å². The minimum absolute atomic E-state index is 0.00119. The molecule has 0 bridgehead atoms. The van der Waals surface area contributed by atoms with Gasteiger partial charge in [-0.25, -0.2) is 13.4 Å². The number of hydrogen-bond acceptors (Lipinski definition) is 5. The summed E-state index contributed by atoms with van der Waals surface area (Å²) in [6.07, 6.45) is 1.42. The number of nitrogens with one attached hydrogen (secondary N) is 1. The van der Waals surface area contributed by atoms with Crippen LogP contribution in [0.5, 0.6) is 0 Å². The van der Waals surface area contributed by atoms with E-state index in [-0.39, 0.29) is 10.9 Å². The van der Waals surface area contributed by atoms with Gasteiger partial charge in [-0.15, -0.1) is 0 Å². The summed E-state index contributed by atoms with van der Waals surface area (Å²) in [6.45, 7) is 4.49. The molecule has 1 aromatic carbocycles. The number of likely N-dealkylation sites (N-methyl/N-ethyl adjacent to an activating group) is 1. The summed E-state index contributed by atoms with van der Waals surface area (Å²) in [6, 6.07) is 10.9. The van der Waals surface area contributed by atoms with Crippen molar-refractivity contribution in [1.82, 2.24) is 14.2 Å². The van der Waals surface area contributed by atoms with Gasteiger partial charge in [0.05, 0.1) is 0 Å². The normalized spacial score (nSPS) is 17.8. The Bertz CT molecular complexity index is 850. The van der Waals surface area contributed by atoms with Gasteiger partial charge in [0.2, 0.25) is 10.0 Å². The first-order chi connectivity index (χ1) is 12.4. The van der Waals surface area contributed by atoms with Crippen LogP contribution in [0.2, 0.25) is 5.02 Å². The van der Waals surface area contributed by atoms with E-state index in [4.69, 9.17) is 11.6 Å². The molecule has 1 unspecified atom stereocenters. The molecule has 1 aromatic heterocycles. The first kappa shape index (κ1) is 19.1. The molecule has 140 valence electrons. The molecular formula is C18H23ClN4O2S. The molecule has 1 fully saturated rings. The number of sulfonamides is 1. The van der Waals surface area contributed by atoms with E-state index in [1.165, 1.54) is 10.5 Å². The topological polar surface area (TPSA) is 65.5 Å². The van der Waals surface area contributed by atoms with Gasteiger partial charge in [-0.1, -0.05) is 23.7 Å². The molecule has 8 heteroatoms. The number of piperazine rings is 1. The highest BCUT2D eigenvalue weighted by molar-refractivity contribution is 7.89. The lowest BCUT2D eigenvalue weighted by molar-refractivity contribution is 0.222. The fraction of sp³-hybridized carbons (Fsp3) is 0.389. The summed E-state index contributed by atoms with van der Waals surface area (Å²) < 4.78 is 27.0. The summed E-state index contributed by atoms with van der Waals surface area (Å²) in [5.41, 5.74) is 1.04. The molecule has 0 aliphatic carbocycles. The molecule has 1 atom stereocenters. The first-order valence-corrected chi connectivity index (χ1v) is 10.3. The van der Waals surface area contributed by atoms with Crippen LogP contribution in [-0.4, -0.2) is 55.8 Å². The second-order valence-corrected chi connectivity index (χ2v) is 8.88. The van der Waals surface area contributed by atoms with Crippen molar-refractivity contribution >= 4 is 27.4 Å². The maximum absolute atomic E-state index is 12.7. The number of pyridine rings is 1. The SMILES string of the molecule is CC(Nc1ccc(S(=O)(=O)N2CCN(C)CC2)cn1)c1cccc(Cl)c1. The van der Waals surface area contributed by atoms with Crippen molar-refractivity contribution in [2.75, 3.05) is 38.5 Å². The molecule has 1 aliphatic heterocycles. The number of halogens is 1. The van der Waals surface area contributed by atoms with Gasteiger partial charge in [-0.3, -0.25) is 0 Å². The van der Waals surface area contributed by atoms with E-state index < -0.39 is 10.0 Å². The Balaban J connectivity index is 1.70. The Morgan fingerprint density at radius 1 is 1.15 bits per heavy atom. The van der Waals surface area contributed by atoms with Crippen molar-refractivity contribution in [2.24, 2.45) is 0 Å². The number of nitrogens with zero attached hydrogens (tertiary/aromatic N) is 3. The number of rotatable bonds is 5. The third kappa shape index (κ3) is 4.35. The quantitative estimate of drug-likeness (QED) is 0.844. The zero-order valence-electron chi connectivity index (χ0n) is 14.9. The summed E-state index contributed by atoms with van der Waals surface area (Å²) >= 11 is 6.03. The largest absolute Gasteiger partial charge is 0.364 e. The third-order valence-electron chi connectivity index (χ3n) is 4.55. The van der Waals surface area contributed by atoms with E-state index in [0.717, 1.165) is 18.7 Å². The second-order valence-electron chi connectivity index (χ2n) is 6.51. The number of anilines is 1. The zero-order valence-corrected chi connectivity index (χ0v) is 16.5. The van der Waals surface area contributed by atoms with Gasteiger partial charge in [0.15, 0.2) is 0 Å². The highest BCUT2D eigenvalue weighted by Gasteiger charge is 2.27. The fourth-order valence-corrected chi connectivity index (χ4v) is 4.44. The predicted molar refractivity (Wildman–Crippen MR) is 104 cm³/mol. The van der Waals surface area contributed by atoms with Gasteiger partial charge < -0.3 is 10.2 Å². The summed E-state index contributed by atoms with van der Waals surface area (Å²) in [4.78, 5) is 6.63. The van der Waals surface area contributed by atoms with Crippen molar-refractivity contribution in [3.05, 3.63) is 53.2 Å². The van der Waals surface area contributed by atoms with Crippen molar-refractivity contribution in [3.63, 3.8) is 0 Å². The number of hydrogen-bond donors (Lipinski definition) is 1. The van der Waals surface area contributed by atoms with Crippen molar-refractivity contribution < 1.29 is 8.42 Å². The van der Waals surface area contributed by atoms with Crippen LogP contribution >= 0.6 is 11.6 Å². The van der Waals surface area contributed by atoms with Crippen LogP contribution < -0.4 is 5.32 Å². The molecule has 26 heavy (non-hydrogen) atoms. The third-order valence-corrected chi connectivity index (χ3v) is 6.67. The lowest BCUT2D eigenvalue weighted by atomic mass is 10.1.